The minimum absolute atomic E-state index is 0.0966. The van der Waals surface area contributed by atoms with Gasteiger partial charge < -0.3 is 23.7 Å². The highest BCUT2D eigenvalue weighted by atomic mass is 32.1. The van der Waals surface area contributed by atoms with Crippen LogP contribution in [0.15, 0.2) is 73.0 Å². The van der Waals surface area contributed by atoms with E-state index in [1.54, 1.807) is 24.3 Å². The number of rotatable bonds is 10. The lowest BCUT2D eigenvalue weighted by Crippen LogP contribution is -2.29. The number of imidazole rings is 1. The summed E-state index contributed by atoms with van der Waals surface area (Å²) >= 11 is 1.26. The van der Waals surface area contributed by atoms with Crippen molar-refractivity contribution in [3.63, 3.8) is 0 Å². The summed E-state index contributed by atoms with van der Waals surface area (Å²) in [6.07, 6.45) is 3.47. The highest BCUT2D eigenvalue weighted by molar-refractivity contribution is 7.22. The molecule has 0 radical (unpaired) electrons. The van der Waals surface area contributed by atoms with Gasteiger partial charge in [0, 0.05) is 6.20 Å². The summed E-state index contributed by atoms with van der Waals surface area (Å²) in [5.74, 6) is -0.447. The molecule has 6 rings (SSSR count). The number of aryl methyl sites for hydroxylation is 2. The van der Waals surface area contributed by atoms with Crippen molar-refractivity contribution >= 4 is 49.8 Å². The second-order valence-corrected chi connectivity index (χ2v) is 11.4. The molecule has 1 aliphatic heterocycles. The number of nitrogens with zero attached hydrogens (tertiary/aromatic N) is 4. The Labute approximate surface area is 263 Å². The van der Waals surface area contributed by atoms with Crippen LogP contribution >= 0.6 is 11.3 Å². The quantitative estimate of drug-likeness (QED) is 0.0805. The van der Waals surface area contributed by atoms with E-state index < -0.39 is 17.7 Å². The predicted octanol–water partition coefficient (Wildman–Crippen LogP) is 6.55. The zero-order valence-electron chi connectivity index (χ0n) is 25.4. The fourth-order valence-corrected chi connectivity index (χ4v) is 6.52. The van der Waals surface area contributed by atoms with Gasteiger partial charge in [-0.1, -0.05) is 36.1 Å². The monoisotopic (exact) mass is 624 g/mol. The van der Waals surface area contributed by atoms with Gasteiger partial charge in [0.05, 0.1) is 40.7 Å². The number of aliphatic hydroxyl groups excluding tert-OH is 1. The van der Waals surface area contributed by atoms with Gasteiger partial charge in [0.15, 0.2) is 22.4 Å². The number of amides is 1. The molecule has 5 aromatic rings. The normalized spacial score (nSPS) is 16.1. The molecule has 0 bridgehead atoms. The summed E-state index contributed by atoms with van der Waals surface area (Å²) in [4.78, 5) is 38.6. The number of hydrogen-bond acceptors (Lipinski definition) is 9. The maximum atomic E-state index is 13.9. The first-order valence-electron chi connectivity index (χ1n) is 14.6. The highest BCUT2D eigenvalue weighted by Gasteiger charge is 2.49. The summed E-state index contributed by atoms with van der Waals surface area (Å²) in [6.45, 7) is 12.3. The Bertz CT molecular complexity index is 2010. The van der Waals surface area contributed by atoms with Crippen LogP contribution in [0.2, 0.25) is 0 Å². The second-order valence-electron chi connectivity index (χ2n) is 10.4. The number of carbonyl (C=O) groups is 2. The Morgan fingerprint density at radius 3 is 2.56 bits per heavy atom. The van der Waals surface area contributed by atoms with E-state index in [4.69, 9.17) is 24.2 Å². The SMILES string of the molecule is C=CCOc1ccc(C2/C(=C(\O)c3nc4c(C)cccn4c3C)C(=O)C(=O)N2c2nc3ccc(OCC)cc3s2)cc1OCC. The fraction of sp³-hybridized carbons (Fsp3) is 0.235. The van der Waals surface area contributed by atoms with E-state index >= 15 is 0 Å². The zero-order valence-corrected chi connectivity index (χ0v) is 26.2. The van der Waals surface area contributed by atoms with E-state index in [0.717, 1.165) is 10.3 Å². The summed E-state index contributed by atoms with van der Waals surface area (Å²) in [6, 6.07) is 13.4. The third-order valence-corrected chi connectivity index (χ3v) is 8.58. The van der Waals surface area contributed by atoms with Crippen LogP contribution in [-0.4, -0.2) is 51.0 Å². The summed E-state index contributed by atoms with van der Waals surface area (Å²) in [7, 11) is 0. The molecule has 1 saturated heterocycles. The van der Waals surface area contributed by atoms with Crippen molar-refractivity contribution in [2.45, 2.75) is 33.7 Å². The third-order valence-electron chi connectivity index (χ3n) is 7.56. The van der Waals surface area contributed by atoms with Gasteiger partial charge in [0.2, 0.25) is 0 Å². The Kier molecular flexibility index (Phi) is 8.03. The van der Waals surface area contributed by atoms with Crippen molar-refractivity contribution in [2.24, 2.45) is 0 Å². The molecule has 3 aromatic heterocycles. The number of hydrogen-bond donors (Lipinski definition) is 1. The highest BCUT2D eigenvalue weighted by Crippen LogP contribution is 2.46. The summed E-state index contributed by atoms with van der Waals surface area (Å²) in [5.41, 5.74) is 3.46. The van der Waals surface area contributed by atoms with Gasteiger partial charge in [0.25, 0.3) is 5.78 Å². The molecule has 10 nitrogen and oxygen atoms in total. The first kappa shape index (κ1) is 29.9. The fourth-order valence-electron chi connectivity index (χ4n) is 5.50. The minimum Gasteiger partial charge on any atom is -0.505 e. The number of thiazole rings is 1. The molecule has 0 spiro atoms. The number of benzene rings is 2. The topological polar surface area (TPSA) is 115 Å². The number of Topliss-reactive ketones (excluding diaryl/α,β-unsaturated/α-hetero) is 1. The molecule has 11 heteroatoms. The molecule has 1 N–H and O–H groups in total. The number of aliphatic hydroxyl groups is 1. The first-order valence-corrected chi connectivity index (χ1v) is 15.4. The first-order chi connectivity index (χ1) is 21.8. The van der Waals surface area contributed by atoms with E-state index in [-0.39, 0.29) is 23.6 Å². The lowest BCUT2D eigenvalue weighted by Gasteiger charge is -2.24. The van der Waals surface area contributed by atoms with Crippen molar-refractivity contribution in [2.75, 3.05) is 24.7 Å². The Morgan fingerprint density at radius 2 is 1.82 bits per heavy atom. The largest absolute Gasteiger partial charge is 0.505 e. The zero-order chi connectivity index (χ0) is 31.8. The molecule has 1 amide bonds. The van der Waals surface area contributed by atoms with Crippen LogP contribution in [-0.2, 0) is 9.59 Å². The van der Waals surface area contributed by atoms with Crippen molar-refractivity contribution in [3.8, 4) is 17.2 Å². The molecule has 0 saturated carbocycles. The molecule has 1 aliphatic rings. The van der Waals surface area contributed by atoms with Crippen LogP contribution in [0.5, 0.6) is 17.2 Å². The molecule has 4 heterocycles. The van der Waals surface area contributed by atoms with Crippen molar-refractivity contribution in [1.29, 1.82) is 0 Å². The van der Waals surface area contributed by atoms with Crippen LogP contribution in [0.3, 0.4) is 0 Å². The number of fused-ring (bicyclic) bond motifs is 2. The standard InChI is InChI=1S/C34H32N4O6S/c1-6-16-44-24-14-11-21(17-25(24)43-8-3)29-27(30(39)28-20(5)37-15-9-10-19(4)32(37)36-28)31(40)33(41)38(29)34-35-23-13-12-22(42-7-2)18-26(23)45-34/h6,9-15,17-18,29,39H,1,7-8,16H2,2-5H3/b30-27+. The average Bonchev–Trinajstić information content (AvgIpc) is 3.68. The van der Waals surface area contributed by atoms with Crippen LogP contribution in [0.4, 0.5) is 5.13 Å². The van der Waals surface area contributed by atoms with Gasteiger partial charge in [-0.2, -0.15) is 0 Å². The van der Waals surface area contributed by atoms with E-state index in [9.17, 15) is 14.7 Å². The average molecular weight is 625 g/mol. The van der Waals surface area contributed by atoms with E-state index in [2.05, 4.69) is 6.58 Å². The summed E-state index contributed by atoms with van der Waals surface area (Å²) < 4.78 is 20.0. The number of aromatic nitrogens is 3. The molecular formula is C34H32N4O6S. The van der Waals surface area contributed by atoms with Crippen molar-refractivity contribution < 1.29 is 28.9 Å². The molecule has 230 valence electrons. The van der Waals surface area contributed by atoms with Gasteiger partial charge in [0.1, 0.15) is 23.7 Å². The lowest BCUT2D eigenvalue weighted by atomic mass is 9.96. The molecule has 1 fully saturated rings. The van der Waals surface area contributed by atoms with Gasteiger partial charge in [-0.05, 0) is 75.2 Å². The number of ketones is 1. The molecular weight excluding hydrogens is 592 g/mol. The van der Waals surface area contributed by atoms with Gasteiger partial charge >= 0.3 is 5.91 Å². The van der Waals surface area contributed by atoms with Crippen molar-refractivity contribution in [3.05, 3.63) is 95.5 Å². The van der Waals surface area contributed by atoms with Gasteiger partial charge in [-0.3, -0.25) is 14.5 Å². The summed E-state index contributed by atoms with van der Waals surface area (Å²) in [5, 5.41) is 12.2. The van der Waals surface area contributed by atoms with Crippen LogP contribution in [0.1, 0.15) is 42.4 Å². The minimum atomic E-state index is -1.03. The molecule has 1 atom stereocenters. The van der Waals surface area contributed by atoms with Crippen LogP contribution in [0.25, 0.3) is 21.6 Å². The van der Waals surface area contributed by atoms with E-state index in [1.165, 1.54) is 16.2 Å². The number of pyridine rings is 1. The molecule has 45 heavy (non-hydrogen) atoms. The maximum absolute atomic E-state index is 13.9. The lowest BCUT2D eigenvalue weighted by molar-refractivity contribution is -0.132. The smallest absolute Gasteiger partial charge is 0.301 e. The van der Waals surface area contributed by atoms with Crippen molar-refractivity contribution in [1.82, 2.24) is 14.4 Å². The third kappa shape index (κ3) is 5.18. The van der Waals surface area contributed by atoms with Crippen LogP contribution < -0.4 is 19.1 Å². The Balaban J connectivity index is 1.57. The molecule has 1 unspecified atom stereocenters. The number of anilines is 1. The number of carbonyl (C=O) groups excluding carboxylic acids is 2. The van der Waals surface area contributed by atoms with E-state index in [1.807, 2.05) is 68.6 Å². The second kappa shape index (κ2) is 12.1. The van der Waals surface area contributed by atoms with Gasteiger partial charge in [-0.25, -0.2) is 9.97 Å². The molecule has 0 aliphatic carbocycles. The predicted molar refractivity (Wildman–Crippen MR) is 174 cm³/mol. The van der Waals surface area contributed by atoms with Gasteiger partial charge in [-0.15, -0.1) is 0 Å². The van der Waals surface area contributed by atoms with Crippen LogP contribution in [0, 0.1) is 13.8 Å². The molecule has 2 aromatic carbocycles. The Hall–Kier alpha value is -5.16. The number of ether oxygens (including phenoxy) is 3. The maximum Gasteiger partial charge on any atom is 0.301 e. The Morgan fingerprint density at radius 1 is 1.02 bits per heavy atom. The van der Waals surface area contributed by atoms with E-state index in [0.29, 0.717) is 58.0 Å².